The molecule has 2 N–H and O–H groups in total. The van der Waals surface area contributed by atoms with Crippen molar-refractivity contribution in [2.24, 2.45) is 5.73 Å². The van der Waals surface area contributed by atoms with E-state index in [1.54, 1.807) is 22.7 Å². The topological polar surface area (TPSA) is 56.2 Å². The Morgan fingerprint density at radius 1 is 1.38 bits per heavy atom. The van der Waals surface area contributed by atoms with E-state index in [9.17, 15) is 0 Å². The molecule has 0 saturated carbocycles. The van der Waals surface area contributed by atoms with Gasteiger partial charge in [0.05, 0.1) is 21.8 Å². The van der Waals surface area contributed by atoms with E-state index in [0.717, 1.165) is 17.1 Å². The van der Waals surface area contributed by atoms with Gasteiger partial charge in [-0.15, -0.1) is 22.7 Å². The van der Waals surface area contributed by atoms with Gasteiger partial charge in [0.2, 0.25) is 0 Å². The van der Waals surface area contributed by atoms with Crippen molar-refractivity contribution in [3.05, 3.63) is 29.0 Å². The van der Waals surface area contributed by atoms with Crippen molar-refractivity contribution >= 4 is 27.6 Å². The second-order valence-corrected chi connectivity index (χ2v) is 5.13. The SMILES string of the molecule is NCCc1cn2c(-c3cncs3)csc2n1. The Balaban J connectivity index is 2.12. The lowest BCUT2D eigenvalue weighted by Crippen LogP contribution is -2.02. The summed E-state index contributed by atoms with van der Waals surface area (Å²) >= 11 is 3.29. The van der Waals surface area contributed by atoms with Crippen LogP contribution in [0, 0.1) is 0 Å². The number of hydrogen-bond acceptors (Lipinski definition) is 5. The van der Waals surface area contributed by atoms with Gasteiger partial charge in [-0.1, -0.05) is 0 Å². The average molecular weight is 250 g/mol. The minimum absolute atomic E-state index is 0.640. The predicted octanol–water partition coefficient (Wildman–Crippen LogP) is 2.02. The van der Waals surface area contributed by atoms with E-state index in [1.807, 2.05) is 11.7 Å². The maximum atomic E-state index is 5.53. The third-order valence-electron chi connectivity index (χ3n) is 2.34. The first-order valence-corrected chi connectivity index (χ1v) is 6.69. The zero-order chi connectivity index (χ0) is 11.0. The van der Waals surface area contributed by atoms with Crippen molar-refractivity contribution in [1.82, 2.24) is 14.4 Å². The van der Waals surface area contributed by atoms with E-state index in [1.165, 1.54) is 10.6 Å². The third kappa shape index (κ3) is 1.55. The summed E-state index contributed by atoms with van der Waals surface area (Å²) in [7, 11) is 0. The minimum Gasteiger partial charge on any atom is -0.330 e. The maximum Gasteiger partial charge on any atom is 0.194 e. The fourth-order valence-electron chi connectivity index (χ4n) is 1.62. The van der Waals surface area contributed by atoms with Crippen LogP contribution in [0.1, 0.15) is 5.69 Å². The minimum atomic E-state index is 0.640. The molecule has 0 fully saturated rings. The van der Waals surface area contributed by atoms with Gasteiger partial charge in [0.15, 0.2) is 4.96 Å². The summed E-state index contributed by atoms with van der Waals surface area (Å²) in [5, 5.41) is 2.11. The van der Waals surface area contributed by atoms with Crippen molar-refractivity contribution in [2.45, 2.75) is 6.42 Å². The lowest BCUT2D eigenvalue weighted by atomic mass is 10.3. The van der Waals surface area contributed by atoms with Crippen molar-refractivity contribution in [2.75, 3.05) is 6.54 Å². The Labute approximate surface area is 100 Å². The first kappa shape index (κ1) is 9.95. The Bertz CT molecular complexity index is 593. The zero-order valence-electron chi connectivity index (χ0n) is 8.46. The Kier molecular flexibility index (Phi) is 2.47. The molecule has 82 valence electrons. The Morgan fingerprint density at radius 3 is 3.06 bits per heavy atom. The van der Waals surface area contributed by atoms with Gasteiger partial charge in [0.25, 0.3) is 0 Å². The van der Waals surface area contributed by atoms with Gasteiger partial charge < -0.3 is 5.73 Å². The monoisotopic (exact) mass is 250 g/mol. The lowest BCUT2D eigenvalue weighted by molar-refractivity contribution is 0.937. The first-order valence-electron chi connectivity index (χ1n) is 4.93. The summed E-state index contributed by atoms with van der Waals surface area (Å²) in [6, 6.07) is 0. The van der Waals surface area contributed by atoms with Gasteiger partial charge in [-0.3, -0.25) is 9.38 Å². The van der Waals surface area contributed by atoms with Gasteiger partial charge in [-0.25, -0.2) is 4.98 Å². The molecule has 0 aliphatic rings. The normalized spacial score (nSPS) is 11.3. The highest BCUT2D eigenvalue weighted by Gasteiger charge is 2.10. The van der Waals surface area contributed by atoms with Gasteiger partial charge in [0.1, 0.15) is 0 Å². The van der Waals surface area contributed by atoms with Crippen LogP contribution in [0.15, 0.2) is 23.3 Å². The zero-order valence-corrected chi connectivity index (χ0v) is 10.1. The van der Waals surface area contributed by atoms with E-state index in [0.29, 0.717) is 6.54 Å². The molecule has 0 bridgehead atoms. The second-order valence-electron chi connectivity index (χ2n) is 3.41. The summed E-state index contributed by atoms with van der Waals surface area (Å²) in [5.74, 6) is 0. The smallest absolute Gasteiger partial charge is 0.194 e. The Hall–Kier alpha value is -1.24. The number of fused-ring (bicyclic) bond motifs is 1. The quantitative estimate of drug-likeness (QED) is 0.773. The van der Waals surface area contributed by atoms with Crippen LogP contribution < -0.4 is 5.73 Å². The number of nitrogens with zero attached hydrogens (tertiary/aromatic N) is 3. The van der Waals surface area contributed by atoms with Gasteiger partial charge >= 0.3 is 0 Å². The average Bonchev–Trinajstić information content (AvgIpc) is 2.90. The maximum absolute atomic E-state index is 5.53. The summed E-state index contributed by atoms with van der Waals surface area (Å²) in [5.41, 5.74) is 9.59. The molecule has 0 atom stereocenters. The highest BCUT2D eigenvalue weighted by Crippen LogP contribution is 2.28. The fraction of sp³-hybridized carbons (Fsp3) is 0.200. The van der Waals surface area contributed by atoms with E-state index in [2.05, 4.69) is 25.9 Å². The number of imidazole rings is 1. The number of thiazole rings is 2. The molecule has 4 nitrogen and oxygen atoms in total. The molecule has 0 spiro atoms. The van der Waals surface area contributed by atoms with Crippen LogP contribution in [0.3, 0.4) is 0 Å². The molecule has 3 rings (SSSR count). The van der Waals surface area contributed by atoms with E-state index >= 15 is 0 Å². The standard InChI is InChI=1S/C10H10N4S2/c11-2-1-7-4-14-8(5-15-10(14)13-7)9-3-12-6-16-9/h3-6H,1-2,11H2. The van der Waals surface area contributed by atoms with Crippen molar-refractivity contribution in [1.29, 1.82) is 0 Å². The molecule has 16 heavy (non-hydrogen) atoms. The molecule has 0 aliphatic carbocycles. The molecule has 0 saturated heterocycles. The van der Waals surface area contributed by atoms with E-state index in [4.69, 9.17) is 5.73 Å². The van der Waals surface area contributed by atoms with Crippen LogP contribution in [0.25, 0.3) is 15.5 Å². The molecular weight excluding hydrogens is 240 g/mol. The number of rotatable bonds is 3. The molecule has 0 amide bonds. The molecule has 0 unspecified atom stereocenters. The van der Waals surface area contributed by atoms with Crippen LogP contribution >= 0.6 is 22.7 Å². The van der Waals surface area contributed by atoms with E-state index in [-0.39, 0.29) is 0 Å². The number of hydrogen-bond donors (Lipinski definition) is 1. The predicted molar refractivity (Wildman–Crippen MR) is 66.9 cm³/mol. The highest BCUT2D eigenvalue weighted by molar-refractivity contribution is 7.16. The largest absolute Gasteiger partial charge is 0.330 e. The van der Waals surface area contributed by atoms with Crippen LogP contribution in [0.4, 0.5) is 0 Å². The van der Waals surface area contributed by atoms with Crippen LogP contribution in [0.2, 0.25) is 0 Å². The van der Waals surface area contributed by atoms with Crippen molar-refractivity contribution in [3.63, 3.8) is 0 Å². The highest BCUT2D eigenvalue weighted by atomic mass is 32.1. The summed E-state index contributed by atoms with van der Waals surface area (Å²) in [6.45, 7) is 0.640. The van der Waals surface area contributed by atoms with Crippen molar-refractivity contribution < 1.29 is 0 Å². The first-order chi connectivity index (χ1) is 7.88. The fourth-order valence-corrected chi connectivity index (χ4v) is 3.22. The van der Waals surface area contributed by atoms with Crippen molar-refractivity contribution in [3.8, 4) is 10.6 Å². The molecule has 6 heteroatoms. The molecular formula is C10H10N4S2. The third-order valence-corrected chi connectivity index (χ3v) is 3.98. The van der Waals surface area contributed by atoms with Crippen LogP contribution in [-0.2, 0) is 6.42 Å². The van der Waals surface area contributed by atoms with Gasteiger partial charge in [0, 0.05) is 24.2 Å². The summed E-state index contributed by atoms with van der Waals surface area (Å²) < 4.78 is 2.11. The molecule has 0 radical (unpaired) electrons. The molecule has 0 aromatic carbocycles. The van der Waals surface area contributed by atoms with Crippen LogP contribution in [0.5, 0.6) is 0 Å². The molecule has 3 aromatic rings. The lowest BCUT2D eigenvalue weighted by Gasteiger charge is -1.92. The molecule has 3 heterocycles. The molecule has 0 aliphatic heterocycles. The number of aromatic nitrogens is 3. The second kappa shape index (κ2) is 3.97. The summed E-state index contributed by atoms with van der Waals surface area (Å²) in [6.07, 6.45) is 4.78. The van der Waals surface area contributed by atoms with Crippen LogP contribution in [-0.4, -0.2) is 20.9 Å². The Morgan fingerprint density at radius 2 is 2.31 bits per heavy atom. The number of nitrogens with two attached hydrogens (primary N) is 1. The van der Waals surface area contributed by atoms with Gasteiger partial charge in [-0.05, 0) is 6.54 Å². The van der Waals surface area contributed by atoms with E-state index < -0.39 is 0 Å². The van der Waals surface area contributed by atoms with Gasteiger partial charge in [-0.2, -0.15) is 0 Å². The molecule has 3 aromatic heterocycles. The summed E-state index contributed by atoms with van der Waals surface area (Å²) in [4.78, 5) is 10.8.